The molecule has 0 unspecified atom stereocenters. The van der Waals surface area contributed by atoms with E-state index in [1.807, 2.05) is 0 Å². The van der Waals surface area contributed by atoms with Crippen LogP contribution < -0.4 is 14.7 Å². The first-order valence-corrected chi connectivity index (χ1v) is 28.5. The summed E-state index contributed by atoms with van der Waals surface area (Å²) in [5.74, 6) is 0. The highest BCUT2D eigenvalue weighted by molar-refractivity contribution is 6.34. The van der Waals surface area contributed by atoms with Gasteiger partial charge in [-0.1, -0.05) is 231 Å². The van der Waals surface area contributed by atoms with Crippen molar-refractivity contribution in [2.45, 2.75) is 0 Å². The van der Waals surface area contributed by atoms with Crippen LogP contribution in [0, 0.1) is 0 Å². The summed E-state index contributed by atoms with van der Waals surface area (Å²) < 4.78 is 0. The lowest BCUT2D eigenvalue weighted by atomic mass is 9.81. The molecule has 0 amide bonds. The molecule has 15 rings (SSSR count). The van der Waals surface area contributed by atoms with Crippen molar-refractivity contribution in [3.8, 4) is 33.4 Å². The third-order valence-corrected chi connectivity index (χ3v) is 16.3. The van der Waals surface area contributed by atoms with Crippen LogP contribution in [0.25, 0.3) is 87.2 Å². The van der Waals surface area contributed by atoms with Crippen molar-refractivity contribution in [3.63, 3.8) is 0 Å². The Labute approximate surface area is 484 Å². The van der Waals surface area contributed by atoms with Crippen molar-refractivity contribution in [3.05, 3.63) is 334 Å². The second-order valence-corrected chi connectivity index (χ2v) is 21.2. The molecule has 3 nitrogen and oxygen atoms in total. The normalized spacial score (nSPS) is 11.4. The topological polar surface area (TPSA) is 9.72 Å². The van der Waals surface area contributed by atoms with Gasteiger partial charge in [-0.15, -0.1) is 0 Å². The summed E-state index contributed by atoms with van der Waals surface area (Å²) in [7, 11) is 0. The monoisotopic (exact) mass is 1060 g/mol. The fourth-order valence-electron chi connectivity index (χ4n) is 12.6. The molecular weight excluding hydrogens is 1000 g/mol. The second kappa shape index (κ2) is 21.2. The Morgan fingerprint density at radius 1 is 0.181 bits per heavy atom. The summed E-state index contributed by atoms with van der Waals surface area (Å²) in [4.78, 5) is 7.21. The first-order chi connectivity index (χ1) is 41.2. The van der Waals surface area contributed by atoms with Crippen LogP contribution >= 0.6 is 0 Å². The Kier molecular flexibility index (Phi) is 12.6. The minimum atomic E-state index is 1.07. The number of rotatable bonds is 12. The zero-order chi connectivity index (χ0) is 55.1. The van der Waals surface area contributed by atoms with Crippen LogP contribution in [0.1, 0.15) is 0 Å². The molecule has 3 heteroatoms. The predicted octanol–water partition coefficient (Wildman–Crippen LogP) is 22.9. The average Bonchev–Trinajstić information content (AvgIpc) is 2.11. The maximum absolute atomic E-state index is 2.47. The van der Waals surface area contributed by atoms with Gasteiger partial charge in [-0.2, -0.15) is 0 Å². The zero-order valence-corrected chi connectivity index (χ0v) is 45.6. The van der Waals surface area contributed by atoms with Gasteiger partial charge in [-0.25, -0.2) is 0 Å². The molecule has 0 heterocycles. The van der Waals surface area contributed by atoms with E-state index in [2.05, 4.69) is 348 Å². The maximum atomic E-state index is 2.47. The van der Waals surface area contributed by atoms with E-state index in [0.29, 0.717) is 0 Å². The van der Waals surface area contributed by atoms with Crippen LogP contribution in [0.15, 0.2) is 334 Å². The lowest BCUT2D eigenvalue weighted by Gasteiger charge is -2.29. The molecule has 0 fully saturated rings. The minimum Gasteiger partial charge on any atom is -0.311 e. The smallest absolute Gasteiger partial charge is 0.0540 e. The van der Waals surface area contributed by atoms with E-state index in [1.54, 1.807) is 0 Å². The van der Waals surface area contributed by atoms with E-state index in [9.17, 15) is 0 Å². The van der Waals surface area contributed by atoms with Gasteiger partial charge in [0.05, 0.1) is 11.4 Å². The maximum Gasteiger partial charge on any atom is 0.0540 e. The molecule has 0 aliphatic heterocycles. The largest absolute Gasteiger partial charge is 0.311 e. The van der Waals surface area contributed by atoms with Crippen molar-refractivity contribution in [2.75, 3.05) is 14.7 Å². The van der Waals surface area contributed by atoms with Gasteiger partial charge in [0, 0.05) is 50.6 Å². The van der Waals surface area contributed by atoms with Crippen molar-refractivity contribution < 1.29 is 0 Å². The lowest BCUT2D eigenvalue weighted by molar-refractivity contribution is 1.28. The SMILES string of the molecule is c1ccc(-c2cc(-c3ccc(N(c4ccccc4)c4ccccc4)cc3)c3c4ccc(N(c5ccccc5)c5cccc6ccccc56)cc4c4cc(N(c5ccccc5)c5cccc6ccccc56)ccc4c3c2-c2ccccc2)cc1. The highest BCUT2D eigenvalue weighted by Crippen LogP contribution is 2.52. The van der Waals surface area contributed by atoms with Crippen LogP contribution in [0.5, 0.6) is 0 Å². The summed E-state index contributed by atoms with van der Waals surface area (Å²) in [5.41, 5.74) is 16.8. The molecule has 0 radical (unpaired) electrons. The van der Waals surface area contributed by atoms with Crippen molar-refractivity contribution >= 4 is 105 Å². The van der Waals surface area contributed by atoms with Crippen molar-refractivity contribution in [1.29, 1.82) is 0 Å². The first-order valence-electron chi connectivity index (χ1n) is 28.5. The molecule has 0 aliphatic rings. The van der Waals surface area contributed by atoms with Gasteiger partial charge < -0.3 is 14.7 Å². The van der Waals surface area contributed by atoms with Gasteiger partial charge in [0.15, 0.2) is 0 Å². The molecule has 15 aromatic rings. The van der Waals surface area contributed by atoms with Gasteiger partial charge in [0.1, 0.15) is 0 Å². The summed E-state index contributed by atoms with van der Waals surface area (Å²) in [6.45, 7) is 0. The highest BCUT2D eigenvalue weighted by atomic mass is 15.2. The third kappa shape index (κ3) is 8.89. The molecule has 83 heavy (non-hydrogen) atoms. The minimum absolute atomic E-state index is 1.07. The van der Waals surface area contributed by atoms with E-state index < -0.39 is 0 Å². The summed E-state index contributed by atoms with van der Waals surface area (Å²) in [6, 6.07) is 122. The number of anilines is 9. The molecule has 0 spiro atoms. The molecule has 0 aromatic heterocycles. The molecule has 0 saturated carbocycles. The molecule has 0 bridgehead atoms. The average molecular weight is 1060 g/mol. The summed E-state index contributed by atoms with van der Waals surface area (Å²) in [5, 5.41) is 11.8. The van der Waals surface area contributed by atoms with E-state index in [4.69, 9.17) is 0 Å². The van der Waals surface area contributed by atoms with Crippen LogP contribution in [-0.2, 0) is 0 Å². The predicted molar refractivity (Wildman–Crippen MR) is 354 cm³/mol. The summed E-state index contributed by atoms with van der Waals surface area (Å²) >= 11 is 0. The van der Waals surface area contributed by atoms with Gasteiger partial charge >= 0.3 is 0 Å². The van der Waals surface area contributed by atoms with Crippen LogP contribution in [0.2, 0.25) is 0 Å². The van der Waals surface area contributed by atoms with Crippen LogP contribution in [-0.4, -0.2) is 0 Å². The summed E-state index contributed by atoms with van der Waals surface area (Å²) in [6.07, 6.45) is 0. The third-order valence-electron chi connectivity index (χ3n) is 16.3. The standard InChI is InChI=1S/C80H55N3/c1-7-25-58(26-8-1)72-55-73(59-45-47-65(48-46-59)81(61-33-11-3-12-34-61)62-35-13-4-14-36-62)79-70-51-49-66(82(63-37-15-5-16-38-63)76-43-23-31-56-27-19-21-41-68(56)76)53-74(70)75-54-67(50-52-71(75)80(79)78(72)60-29-9-2-10-30-60)83(64-39-17-6-18-40-64)77-44-24-32-57-28-20-22-42-69(57)77/h1-55H. The Bertz CT molecular complexity index is 4770. The van der Waals surface area contributed by atoms with E-state index in [-0.39, 0.29) is 0 Å². The molecule has 0 saturated heterocycles. The number of benzene rings is 15. The van der Waals surface area contributed by atoms with E-state index in [0.717, 1.165) is 84.2 Å². The fraction of sp³-hybridized carbons (Fsp3) is 0. The number of hydrogen-bond acceptors (Lipinski definition) is 3. The van der Waals surface area contributed by atoms with Crippen LogP contribution in [0.4, 0.5) is 51.2 Å². The molecule has 0 N–H and O–H groups in total. The Morgan fingerprint density at radius 2 is 0.530 bits per heavy atom. The molecule has 0 aliphatic carbocycles. The number of fused-ring (bicyclic) bond motifs is 8. The second-order valence-electron chi connectivity index (χ2n) is 21.2. The molecule has 0 atom stereocenters. The molecule has 15 aromatic carbocycles. The van der Waals surface area contributed by atoms with Gasteiger partial charge in [-0.3, -0.25) is 0 Å². The fourth-order valence-corrected chi connectivity index (χ4v) is 12.6. The number of hydrogen-bond donors (Lipinski definition) is 0. The Morgan fingerprint density at radius 3 is 1.00 bits per heavy atom. The number of nitrogens with zero attached hydrogens (tertiary/aromatic N) is 3. The van der Waals surface area contributed by atoms with Gasteiger partial charge in [-0.05, 0) is 180 Å². The van der Waals surface area contributed by atoms with E-state index >= 15 is 0 Å². The Balaban J connectivity index is 1.07. The van der Waals surface area contributed by atoms with Crippen molar-refractivity contribution in [2.24, 2.45) is 0 Å². The Hall–Kier alpha value is -11.0. The van der Waals surface area contributed by atoms with Crippen LogP contribution in [0.3, 0.4) is 0 Å². The molecular formula is C80H55N3. The molecule has 390 valence electrons. The first kappa shape index (κ1) is 49.1. The zero-order valence-electron chi connectivity index (χ0n) is 45.6. The highest BCUT2D eigenvalue weighted by Gasteiger charge is 2.26. The van der Waals surface area contributed by atoms with Crippen molar-refractivity contribution in [1.82, 2.24) is 0 Å². The van der Waals surface area contributed by atoms with E-state index in [1.165, 1.54) is 54.2 Å². The number of para-hydroxylation sites is 4. The lowest BCUT2D eigenvalue weighted by Crippen LogP contribution is -2.11. The quantitative estimate of drug-likeness (QED) is 0.113. The van der Waals surface area contributed by atoms with Gasteiger partial charge in [0.2, 0.25) is 0 Å². The van der Waals surface area contributed by atoms with Gasteiger partial charge in [0.25, 0.3) is 0 Å².